The molecule has 2 unspecified atom stereocenters. The van der Waals surface area contributed by atoms with Crippen molar-refractivity contribution in [2.75, 3.05) is 7.11 Å². The zero-order valence-electron chi connectivity index (χ0n) is 18.4. The molecule has 0 saturated carbocycles. The second kappa shape index (κ2) is 8.94. The van der Waals surface area contributed by atoms with E-state index in [-0.39, 0.29) is 5.92 Å². The molecular weight excluding hydrogens is 382 g/mol. The highest BCUT2D eigenvalue weighted by atomic mass is 16.5. The average Bonchev–Trinajstić information content (AvgIpc) is 3.10. The zero-order valence-corrected chi connectivity index (χ0v) is 18.4. The first-order chi connectivity index (χ1) is 14.3. The van der Waals surface area contributed by atoms with E-state index in [4.69, 9.17) is 9.15 Å². The normalized spacial score (nSPS) is 16.1. The Kier molecular flexibility index (Phi) is 6.54. The third-order valence-corrected chi connectivity index (χ3v) is 6.18. The van der Waals surface area contributed by atoms with Crippen LogP contribution in [0.15, 0.2) is 16.6 Å². The van der Waals surface area contributed by atoms with Gasteiger partial charge in [-0.3, -0.25) is 4.79 Å². The number of aryl methyl sites for hydroxylation is 3. The van der Waals surface area contributed by atoms with Crippen LogP contribution in [0.3, 0.4) is 0 Å². The summed E-state index contributed by atoms with van der Waals surface area (Å²) in [6.45, 7) is 7.53. The van der Waals surface area contributed by atoms with Crippen LogP contribution >= 0.6 is 0 Å². The predicted molar refractivity (Wildman–Crippen MR) is 117 cm³/mol. The minimum absolute atomic E-state index is 0.161. The molecule has 1 amide bonds. The number of amides is 1. The summed E-state index contributed by atoms with van der Waals surface area (Å²) < 4.78 is 11.8. The van der Waals surface area contributed by atoms with Crippen LogP contribution in [0.5, 0.6) is 5.75 Å². The van der Waals surface area contributed by atoms with Gasteiger partial charge in [0.15, 0.2) is 0 Å². The van der Waals surface area contributed by atoms with Gasteiger partial charge in [-0.05, 0) is 50.7 Å². The number of carbonyl (C=O) groups is 2. The quantitative estimate of drug-likeness (QED) is 0.645. The van der Waals surface area contributed by atoms with Crippen molar-refractivity contribution in [2.45, 2.75) is 65.8 Å². The van der Waals surface area contributed by atoms with Crippen molar-refractivity contribution in [3.05, 3.63) is 34.6 Å². The summed E-state index contributed by atoms with van der Waals surface area (Å²) in [5.41, 5.74) is 4.55. The first-order valence-corrected chi connectivity index (χ1v) is 10.6. The van der Waals surface area contributed by atoms with Crippen molar-refractivity contribution in [3.8, 4) is 5.75 Å². The van der Waals surface area contributed by atoms with Crippen molar-refractivity contribution in [2.24, 2.45) is 5.92 Å². The van der Waals surface area contributed by atoms with Gasteiger partial charge in [-0.1, -0.05) is 20.3 Å². The van der Waals surface area contributed by atoms with Gasteiger partial charge in [0, 0.05) is 34.6 Å². The number of carbonyl (C=O) groups excluding carboxylic acids is 1. The molecule has 0 radical (unpaired) electrons. The lowest BCUT2D eigenvalue weighted by atomic mass is 9.93. The van der Waals surface area contributed by atoms with E-state index in [1.165, 1.54) is 11.6 Å². The van der Waals surface area contributed by atoms with E-state index in [9.17, 15) is 14.7 Å². The molecule has 2 atom stereocenters. The molecule has 0 saturated heterocycles. The maximum atomic E-state index is 12.6. The summed E-state index contributed by atoms with van der Waals surface area (Å²) in [6, 6.07) is 1.12. The Labute approximate surface area is 177 Å². The summed E-state index contributed by atoms with van der Waals surface area (Å²) >= 11 is 0. The van der Waals surface area contributed by atoms with Crippen LogP contribution in [-0.2, 0) is 22.4 Å². The Bertz CT molecular complexity index is 1000. The number of benzene rings is 1. The standard InChI is InChI=1S/C24H31NO5/c1-6-13(2)21(24(27)28)25-20(26)11-14(3)17-12-18-16-9-7-8-10-19(16)30-23(18)15(4)22(17)29-5/h11-13,21H,6-10H2,1-5H3,(H,25,26)(H,27,28)/b14-11+. The summed E-state index contributed by atoms with van der Waals surface area (Å²) in [4.78, 5) is 24.1. The number of rotatable bonds is 7. The molecule has 0 aliphatic heterocycles. The molecule has 30 heavy (non-hydrogen) atoms. The van der Waals surface area contributed by atoms with Gasteiger partial charge in [-0.15, -0.1) is 0 Å². The van der Waals surface area contributed by atoms with Crippen LogP contribution in [0.1, 0.15) is 62.5 Å². The Morgan fingerprint density at radius 2 is 2.03 bits per heavy atom. The second-order valence-corrected chi connectivity index (χ2v) is 8.21. The Balaban J connectivity index is 2.00. The average molecular weight is 414 g/mol. The highest BCUT2D eigenvalue weighted by molar-refractivity contribution is 5.99. The van der Waals surface area contributed by atoms with E-state index < -0.39 is 17.9 Å². The van der Waals surface area contributed by atoms with Gasteiger partial charge in [-0.2, -0.15) is 0 Å². The highest BCUT2D eigenvalue weighted by Gasteiger charge is 2.26. The number of ether oxygens (including phenoxy) is 1. The topological polar surface area (TPSA) is 88.8 Å². The number of hydrogen-bond donors (Lipinski definition) is 2. The first kappa shape index (κ1) is 21.9. The van der Waals surface area contributed by atoms with Gasteiger partial charge in [0.05, 0.1) is 7.11 Å². The summed E-state index contributed by atoms with van der Waals surface area (Å²) in [6.07, 6.45) is 6.33. The predicted octanol–water partition coefficient (Wildman–Crippen LogP) is 4.65. The molecule has 1 heterocycles. The Morgan fingerprint density at radius 1 is 1.33 bits per heavy atom. The van der Waals surface area contributed by atoms with Crippen molar-refractivity contribution >= 4 is 28.4 Å². The Hall–Kier alpha value is -2.76. The molecule has 3 rings (SSSR count). The van der Waals surface area contributed by atoms with Crippen LogP contribution in [0.2, 0.25) is 0 Å². The number of fused-ring (bicyclic) bond motifs is 3. The van der Waals surface area contributed by atoms with Gasteiger partial charge in [0.2, 0.25) is 5.91 Å². The minimum Gasteiger partial charge on any atom is -0.496 e. The van der Waals surface area contributed by atoms with Gasteiger partial charge in [0.25, 0.3) is 0 Å². The van der Waals surface area contributed by atoms with Crippen molar-refractivity contribution in [3.63, 3.8) is 0 Å². The van der Waals surface area contributed by atoms with Crippen molar-refractivity contribution < 1.29 is 23.8 Å². The molecule has 2 aromatic rings. The maximum absolute atomic E-state index is 12.6. The van der Waals surface area contributed by atoms with Gasteiger partial charge in [0.1, 0.15) is 23.1 Å². The number of aliphatic carboxylic acids is 1. The lowest BCUT2D eigenvalue weighted by Gasteiger charge is -2.19. The molecule has 6 heteroatoms. The monoisotopic (exact) mass is 413 g/mol. The SMILES string of the molecule is CCC(C)C(NC(=O)/C=C(\C)c1cc2c3c(oc2c(C)c1OC)CCCC3)C(=O)O. The lowest BCUT2D eigenvalue weighted by molar-refractivity contribution is -0.142. The van der Waals surface area contributed by atoms with Crippen LogP contribution in [0.4, 0.5) is 0 Å². The van der Waals surface area contributed by atoms with Crippen LogP contribution in [0, 0.1) is 12.8 Å². The largest absolute Gasteiger partial charge is 0.496 e. The molecule has 1 aromatic carbocycles. The molecule has 6 nitrogen and oxygen atoms in total. The number of furan rings is 1. The van der Waals surface area contributed by atoms with E-state index in [0.29, 0.717) is 17.7 Å². The molecule has 0 fully saturated rings. The molecule has 1 aliphatic carbocycles. The van der Waals surface area contributed by atoms with Crippen molar-refractivity contribution in [1.29, 1.82) is 0 Å². The minimum atomic E-state index is -1.02. The lowest BCUT2D eigenvalue weighted by Crippen LogP contribution is -2.44. The smallest absolute Gasteiger partial charge is 0.326 e. The number of carboxylic acids is 1. The fourth-order valence-electron chi connectivity index (χ4n) is 4.24. The van der Waals surface area contributed by atoms with E-state index in [2.05, 4.69) is 5.32 Å². The molecule has 1 aromatic heterocycles. The third kappa shape index (κ3) is 4.09. The number of nitrogens with one attached hydrogen (secondary N) is 1. The first-order valence-electron chi connectivity index (χ1n) is 10.6. The second-order valence-electron chi connectivity index (χ2n) is 8.21. The number of methoxy groups -OCH3 is 1. The molecular formula is C24H31NO5. The Morgan fingerprint density at radius 3 is 2.67 bits per heavy atom. The molecule has 1 aliphatic rings. The van der Waals surface area contributed by atoms with Crippen LogP contribution in [0.25, 0.3) is 16.5 Å². The fraction of sp³-hybridized carbons (Fsp3) is 0.500. The van der Waals surface area contributed by atoms with E-state index >= 15 is 0 Å². The summed E-state index contributed by atoms with van der Waals surface area (Å²) in [5.74, 6) is 0.117. The number of hydrogen-bond acceptors (Lipinski definition) is 4. The molecule has 0 bridgehead atoms. The third-order valence-electron chi connectivity index (χ3n) is 6.18. The van der Waals surface area contributed by atoms with Gasteiger partial charge in [-0.25, -0.2) is 4.79 Å². The highest BCUT2D eigenvalue weighted by Crippen LogP contribution is 2.41. The van der Waals surface area contributed by atoms with Gasteiger partial charge < -0.3 is 19.6 Å². The maximum Gasteiger partial charge on any atom is 0.326 e. The number of carboxylic acid groups (broad SMARTS) is 1. The summed E-state index contributed by atoms with van der Waals surface area (Å²) in [5, 5.41) is 13.1. The summed E-state index contributed by atoms with van der Waals surface area (Å²) in [7, 11) is 1.61. The van der Waals surface area contributed by atoms with E-state index in [0.717, 1.165) is 53.5 Å². The molecule has 2 N–H and O–H groups in total. The zero-order chi connectivity index (χ0) is 22.0. The molecule has 0 spiro atoms. The number of allylic oxidation sites excluding steroid dienone is 1. The van der Waals surface area contributed by atoms with Crippen molar-refractivity contribution in [1.82, 2.24) is 5.32 Å². The van der Waals surface area contributed by atoms with Crippen LogP contribution < -0.4 is 10.1 Å². The fourth-order valence-corrected chi connectivity index (χ4v) is 4.24. The van der Waals surface area contributed by atoms with Gasteiger partial charge >= 0.3 is 5.97 Å². The molecule has 162 valence electrons. The van der Waals surface area contributed by atoms with E-state index in [1.807, 2.05) is 33.8 Å². The van der Waals surface area contributed by atoms with Crippen LogP contribution in [-0.4, -0.2) is 30.1 Å². The van der Waals surface area contributed by atoms with E-state index in [1.54, 1.807) is 7.11 Å².